The Morgan fingerprint density at radius 3 is 2.84 bits per heavy atom. The first kappa shape index (κ1) is 12.4. The van der Waals surface area contributed by atoms with Crippen LogP contribution < -0.4 is 5.73 Å². The number of anilines is 1. The number of hydrogen-bond acceptors (Lipinski definition) is 2. The van der Waals surface area contributed by atoms with E-state index in [-0.39, 0.29) is 5.78 Å². The van der Waals surface area contributed by atoms with Gasteiger partial charge in [0.1, 0.15) is 0 Å². The summed E-state index contributed by atoms with van der Waals surface area (Å²) in [5, 5.41) is 0. The van der Waals surface area contributed by atoms with Crippen LogP contribution in [0, 0.1) is 0 Å². The van der Waals surface area contributed by atoms with Gasteiger partial charge in [-0.05, 0) is 41.7 Å². The molecule has 3 heteroatoms. The number of nitrogens with two attached hydrogens (primary N) is 1. The molecule has 1 unspecified atom stereocenters. The standard InChI is InChI=1S/C16H14BrNO/c17-12-5-6-15(18)14(9-12)16(19)8-11-7-10-3-1-2-4-13(10)11/h1-6,9,11H,7-8,18H2. The van der Waals surface area contributed by atoms with Gasteiger partial charge < -0.3 is 5.73 Å². The van der Waals surface area contributed by atoms with E-state index in [0.29, 0.717) is 23.6 Å². The molecule has 0 heterocycles. The van der Waals surface area contributed by atoms with E-state index in [4.69, 9.17) is 5.73 Å². The molecule has 0 spiro atoms. The lowest BCUT2D eigenvalue weighted by molar-refractivity contribution is 0.0971. The molecule has 0 amide bonds. The van der Waals surface area contributed by atoms with Gasteiger partial charge in [-0.25, -0.2) is 0 Å². The zero-order valence-corrected chi connectivity index (χ0v) is 12.0. The summed E-state index contributed by atoms with van der Waals surface area (Å²) in [5.41, 5.74) is 9.73. The van der Waals surface area contributed by atoms with Crippen molar-refractivity contribution in [1.82, 2.24) is 0 Å². The maximum atomic E-state index is 12.3. The second-order valence-electron chi connectivity index (χ2n) is 4.96. The molecule has 2 nitrogen and oxygen atoms in total. The fourth-order valence-electron chi connectivity index (χ4n) is 2.65. The Morgan fingerprint density at radius 1 is 1.26 bits per heavy atom. The molecule has 0 radical (unpaired) electrons. The molecule has 2 N–H and O–H groups in total. The Balaban J connectivity index is 1.79. The summed E-state index contributed by atoms with van der Waals surface area (Å²) in [5.74, 6) is 0.473. The second kappa shape index (κ2) is 4.82. The summed E-state index contributed by atoms with van der Waals surface area (Å²) in [6.45, 7) is 0. The van der Waals surface area contributed by atoms with Crippen LogP contribution in [0.25, 0.3) is 0 Å². The van der Waals surface area contributed by atoms with Crippen molar-refractivity contribution in [3.8, 4) is 0 Å². The Morgan fingerprint density at radius 2 is 2.05 bits per heavy atom. The van der Waals surface area contributed by atoms with Gasteiger partial charge >= 0.3 is 0 Å². The van der Waals surface area contributed by atoms with Gasteiger partial charge in [0, 0.05) is 22.1 Å². The highest BCUT2D eigenvalue weighted by molar-refractivity contribution is 9.10. The summed E-state index contributed by atoms with van der Waals surface area (Å²) < 4.78 is 0.888. The van der Waals surface area contributed by atoms with Crippen LogP contribution in [0.5, 0.6) is 0 Å². The van der Waals surface area contributed by atoms with Crippen LogP contribution in [0.15, 0.2) is 46.9 Å². The van der Waals surface area contributed by atoms with E-state index in [9.17, 15) is 4.79 Å². The fourth-order valence-corrected chi connectivity index (χ4v) is 3.01. The molecule has 1 aliphatic rings. The van der Waals surface area contributed by atoms with Gasteiger partial charge in [-0.1, -0.05) is 40.2 Å². The van der Waals surface area contributed by atoms with Crippen LogP contribution >= 0.6 is 15.9 Å². The molecule has 0 saturated carbocycles. The first-order valence-corrected chi connectivity index (χ1v) is 7.10. The van der Waals surface area contributed by atoms with E-state index in [0.717, 1.165) is 10.9 Å². The van der Waals surface area contributed by atoms with Gasteiger partial charge in [0.15, 0.2) is 5.78 Å². The van der Waals surface area contributed by atoms with Crippen molar-refractivity contribution in [2.45, 2.75) is 18.8 Å². The van der Waals surface area contributed by atoms with Crippen LogP contribution in [0.2, 0.25) is 0 Å². The predicted molar refractivity (Wildman–Crippen MR) is 80.4 cm³/mol. The summed E-state index contributed by atoms with van der Waals surface area (Å²) >= 11 is 3.38. The molecule has 96 valence electrons. The Hall–Kier alpha value is -1.61. The Kier molecular flexibility index (Phi) is 3.15. The van der Waals surface area contributed by atoms with Gasteiger partial charge in [-0.3, -0.25) is 4.79 Å². The highest BCUT2D eigenvalue weighted by Gasteiger charge is 2.28. The third kappa shape index (κ3) is 2.30. The smallest absolute Gasteiger partial charge is 0.165 e. The monoisotopic (exact) mass is 315 g/mol. The fraction of sp³-hybridized carbons (Fsp3) is 0.188. The molecule has 19 heavy (non-hydrogen) atoms. The third-order valence-electron chi connectivity index (χ3n) is 3.71. The molecule has 1 aliphatic carbocycles. The lowest BCUT2D eigenvalue weighted by Gasteiger charge is -2.29. The van der Waals surface area contributed by atoms with E-state index in [2.05, 4.69) is 28.1 Å². The van der Waals surface area contributed by atoms with Crippen molar-refractivity contribution < 1.29 is 4.79 Å². The van der Waals surface area contributed by atoms with Gasteiger partial charge in [-0.2, -0.15) is 0 Å². The molecule has 1 atom stereocenters. The highest BCUT2D eigenvalue weighted by Crippen LogP contribution is 2.38. The van der Waals surface area contributed by atoms with Crippen molar-refractivity contribution in [1.29, 1.82) is 0 Å². The van der Waals surface area contributed by atoms with E-state index in [1.54, 1.807) is 6.07 Å². The van der Waals surface area contributed by atoms with E-state index < -0.39 is 0 Å². The van der Waals surface area contributed by atoms with Crippen molar-refractivity contribution in [2.75, 3.05) is 5.73 Å². The van der Waals surface area contributed by atoms with Gasteiger partial charge in [0.25, 0.3) is 0 Å². The number of nitrogen functional groups attached to an aromatic ring is 1. The van der Waals surface area contributed by atoms with Crippen LogP contribution in [-0.4, -0.2) is 5.78 Å². The summed E-state index contributed by atoms with van der Waals surface area (Å²) in [7, 11) is 0. The van der Waals surface area contributed by atoms with E-state index >= 15 is 0 Å². The number of carbonyl (C=O) groups excluding carboxylic acids is 1. The molecule has 2 aromatic rings. The lowest BCUT2D eigenvalue weighted by Crippen LogP contribution is -2.20. The number of halogens is 1. The summed E-state index contributed by atoms with van der Waals surface area (Å²) in [4.78, 5) is 12.3. The van der Waals surface area contributed by atoms with Crippen molar-refractivity contribution in [3.63, 3.8) is 0 Å². The minimum atomic E-state index is 0.123. The molecular weight excluding hydrogens is 302 g/mol. The first-order chi connectivity index (χ1) is 9.15. The number of rotatable bonds is 3. The van der Waals surface area contributed by atoms with Crippen molar-refractivity contribution >= 4 is 27.4 Å². The van der Waals surface area contributed by atoms with Crippen LogP contribution in [0.4, 0.5) is 5.69 Å². The normalized spacial score (nSPS) is 16.6. The predicted octanol–water partition coefficient (Wildman–Crippen LogP) is 3.94. The molecule has 0 fully saturated rings. The lowest BCUT2D eigenvalue weighted by atomic mass is 9.74. The summed E-state index contributed by atoms with van der Waals surface area (Å²) in [6.07, 6.45) is 1.54. The Bertz CT molecular complexity index is 651. The molecule has 0 saturated heterocycles. The zero-order valence-electron chi connectivity index (χ0n) is 10.4. The Labute approximate surface area is 120 Å². The van der Waals surface area contributed by atoms with Crippen molar-refractivity contribution in [3.05, 3.63) is 63.6 Å². The number of carbonyl (C=O) groups is 1. The number of fused-ring (bicyclic) bond motifs is 1. The largest absolute Gasteiger partial charge is 0.398 e. The average molecular weight is 316 g/mol. The topological polar surface area (TPSA) is 43.1 Å². The van der Waals surface area contributed by atoms with Gasteiger partial charge in [0.05, 0.1) is 0 Å². The SMILES string of the molecule is Nc1ccc(Br)cc1C(=O)CC1Cc2ccccc21. The number of benzene rings is 2. The second-order valence-corrected chi connectivity index (χ2v) is 5.87. The van der Waals surface area contributed by atoms with Crippen LogP contribution in [0.3, 0.4) is 0 Å². The minimum Gasteiger partial charge on any atom is -0.398 e. The zero-order chi connectivity index (χ0) is 13.4. The van der Waals surface area contributed by atoms with Gasteiger partial charge in [-0.15, -0.1) is 0 Å². The van der Waals surface area contributed by atoms with Gasteiger partial charge in [0.2, 0.25) is 0 Å². The molecule has 0 aromatic heterocycles. The van der Waals surface area contributed by atoms with E-state index in [1.165, 1.54) is 11.1 Å². The average Bonchev–Trinajstić information content (AvgIpc) is 2.38. The molecule has 0 bridgehead atoms. The maximum Gasteiger partial charge on any atom is 0.165 e. The molecule has 2 aromatic carbocycles. The van der Waals surface area contributed by atoms with E-state index in [1.807, 2.05) is 24.3 Å². The highest BCUT2D eigenvalue weighted by atomic mass is 79.9. The van der Waals surface area contributed by atoms with Crippen LogP contribution in [-0.2, 0) is 6.42 Å². The number of hydrogen-bond donors (Lipinski definition) is 1. The third-order valence-corrected chi connectivity index (χ3v) is 4.20. The summed E-state index contributed by atoms with van der Waals surface area (Å²) in [6, 6.07) is 13.7. The quantitative estimate of drug-likeness (QED) is 0.688. The number of ketones is 1. The van der Waals surface area contributed by atoms with Crippen LogP contribution in [0.1, 0.15) is 33.8 Å². The number of Topliss-reactive ketones (excluding diaryl/α,β-unsaturated/α-hetero) is 1. The minimum absolute atomic E-state index is 0.123. The van der Waals surface area contributed by atoms with Crippen molar-refractivity contribution in [2.24, 2.45) is 0 Å². The molecular formula is C16H14BrNO. The first-order valence-electron chi connectivity index (χ1n) is 6.31. The molecule has 0 aliphatic heterocycles. The maximum absolute atomic E-state index is 12.3. The molecule has 3 rings (SSSR count).